The van der Waals surface area contributed by atoms with E-state index in [0.717, 1.165) is 24.1 Å². The van der Waals surface area contributed by atoms with Crippen LogP contribution in [0.4, 0.5) is 5.69 Å². The van der Waals surface area contributed by atoms with Crippen LogP contribution in [0, 0.1) is 10.1 Å². The molecule has 0 heterocycles. The van der Waals surface area contributed by atoms with E-state index in [9.17, 15) is 10.1 Å². The van der Waals surface area contributed by atoms with Gasteiger partial charge in [-0.2, -0.15) is 0 Å². The highest BCUT2D eigenvalue weighted by Crippen LogP contribution is 2.13. The van der Waals surface area contributed by atoms with Crippen LogP contribution in [0.25, 0.3) is 0 Å². The van der Waals surface area contributed by atoms with Gasteiger partial charge in [0.05, 0.1) is 4.92 Å². The molecular weight excluding hydrogens is 286 g/mol. The lowest BCUT2D eigenvalue weighted by Gasteiger charge is -2.25. The maximum absolute atomic E-state index is 10.7. The first-order chi connectivity index (χ1) is 9.93. The first kappa shape index (κ1) is 17.1. The number of nitrogens with one attached hydrogen (secondary N) is 1. The Labute approximate surface area is 130 Å². The molecule has 0 bridgehead atoms. The molecule has 1 N–H and O–H groups in total. The Morgan fingerprint density at radius 1 is 1.43 bits per heavy atom. The van der Waals surface area contributed by atoms with E-state index in [4.69, 9.17) is 12.2 Å². The topological polar surface area (TPSA) is 58.4 Å². The summed E-state index contributed by atoms with van der Waals surface area (Å²) in [7, 11) is 0. The Hall–Kier alpha value is -1.95. The second kappa shape index (κ2) is 8.36. The minimum Gasteiger partial charge on any atom is -0.359 e. The molecule has 1 rings (SSSR count). The molecule has 0 unspecified atom stereocenters. The van der Waals surface area contributed by atoms with Gasteiger partial charge in [0.25, 0.3) is 5.69 Å². The van der Waals surface area contributed by atoms with Gasteiger partial charge in [0, 0.05) is 31.8 Å². The molecule has 1 aromatic carbocycles. The zero-order valence-corrected chi connectivity index (χ0v) is 13.3. The fraction of sp³-hybridized carbons (Fsp3) is 0.400. The maximum Gasteiger partial charge on any atom is 0.269 e. The third-order valence-electron chi connectivity index (χ3n) is 2.84. The predicted octanol–water partition coefficient (Wildman–Crippen LogP) is 3.26. The normalized spacial score (nSPS) is 10.0. The Bertz CT molecular complexity index is 514. The maximum atomic E-state index is 10.7. The van der Waals surface area contributed by atoms with Crippen molar-refractivity contribution in [2.75, 3.05) is 13.1 Å². The highest BCUT2D eigenvalue weighted by molar-refractivity contribution is 7.80. The number of nitrogens with zero attached hydrogens (tertiary/aromatic N) is 2. The van der Waals surface area contributed by atoms with E-state index in [2.05, 4.69) is 23.7 Å². The molecule has 0 aliphatic carbocycles. The molecule has 0 aliphatic heterocycles. The van der Waals surface area contributed by atoms with Crippen LogP contribution in [0.15, 0.2) is 36.4 Å². The zero-order chi connectivity index (χ0) is 15.8. The van der Waals surface area contributed by atoms with Gasteiger partial charge in [-0.25, -0.2) is 0 Å². The molecule has 6 heteroatoms. The van der Waals surface area contributed by atoms with Gasteiger partial charge in [-0.15, -0.1) is 0 Å². The summed E-state index contributed by atoms with van der Waals surface area (Å²) in [5.41, 5.74) is 2.11. The SMILES string of the molecule is C=C(C)CNC(=S)N(CCC)Cc1ccc([N+](=O)[O-])cc1. The number of nitro groups is 1. The van der Waals surface area contributed by atoms with Gasteiger partial charge in [-0.05, 0) is 31.1 Å². The quantitative estimate of drug-likeness (QED) is 0.363. The van der Waals surface area contributed by atoms with E-state index in [0.29, 0.717) is 18.2 Å². The van der Waals surface area contributed by atoms with E-state index in [1.165, 1.54) is 12.1 Å². The van der Waals surface area contributed by atoms with Crippen LogP contribution in [-0.2, 0) is 6.54 Å². The lowest BCUT2D eigenvalue weighted by atomic mass is 10.2. The Kier molecular flexibility index (Phi) is 6.81. The number of hydrogen-bond donors (Lipinski definition) is 1. The molecule has 114 valence electrons. The van der Waals surface area contributed by atoms with E-state index < -0.39 is 4.92 Å². The second-order valence-electron chi connectivity index (χ2n) is 4.96. The van der Waals surface area contributed by atoms with Crippen LogP contribution in [-0.4, -0.2) is 28.0 Å². The molecule has 0 saturated heterocycles. The van der Waals surface area contributed by atoms with Crippen molar-refractivity contribution >= 4 is 23.0 Å². The first-order valence-electron chi connectivity index (χ1n) is 6.84. The Morgan fingerprint density at radius 2 is 2.05 bits per heavy atom. The highest BCUT2D eigenvalue weighted by Gasteiger charge is 2.10. The van der Waals surface area contributed by atoms with Crippen molar-refractivity contribution in [3.8, 4) is 0 Å². The summed E-state index contributed by atoms with van der Waals surface area (Å²) < 4.78 is 0. The molecule has 21 heavy (non-hydrogen) atoms. The van der Waals surface area contributed by atoms with Gasteiger partial charge >= 0.3 is 0 Å². The largest absolute Gasteiger partial charge is 0.359 e. The van der Waals surface area contributed by atoms with E-state index in [-0.39, 0.29) is 5.69 Å². The predicted molar refractivity (Wildman–Crippen MR) is 89.2 cm³/mol. The Morgan fingerprint density at radius 3 is 2.52 bits per heavy atom. The fourth-order valence-electron chi connectivity index (χ4n) is 1.80. The van der Waals surface area contributed by atoms with Crippen LogP contribution in [0.5, 0.6) is 0 Å². The van der Waals surface area contributed by atoms with Crippen molar-refractivity contribution in [3.05, 3.63) is 52.1 Å². The van der Waals surface area contributed by atoms with Crippen LogP contribution in [0.1, 0.15) is 25.8 Å². The molecule has 0 aromatic heterocycles. The van der Waals surface area contributed by atoms with Gasteiger partial charge in [-0.1, -0.05) is 31.2 Å². The molecule has 0 spiro atoms. The number of hydrogen-bond acceptors (Lipinski definition) is 3. The minimum absolute atomic E-state index is 0.101. The van der Waals surface area contributed by atoms with Crippen LogP contribution in [0.2, 0.25) is 0 Å². The summed E-state index contributed by atoms with van der Waals surface area (Å²) in [5.74, 6) is 0. The number of nitro benzene ring substituents is 1. The highest BCUT2D eigenvalue weighted by atomic mass is 32.1. The summed E-state index contributed by atoms with van der Waals surface area (Å²) in [5, 5.41) is 14.5. The van der Waals surface area contributed by atoms with Gasteiger partial charge in [0.15, 0.2) is 5.11 Å². The molecular formula is C15H21N3O2S. The minimum atomic E-state index is -0.396. The van der Waals surface area contributed by atoms with E-state index >= 15 is 0 Å². The smallest absolute Gasteiger partial charge is 0.269 e. The average molecular weight is 307 g/mol. The van der Waals surface area contributed by atoms with Crippen LogP contribution >= 0.6 is 12.2 Å². The van der Waals surface area contributed by atoms with Crippen LogP contribution < -0.4 is 5.32 Å². The van der Waals surface area contributed by atoms with Gasteiger partial charge in [-0.3, -0.25) is 10.1 Å². The number of benzene rings is 1. The lowest BCUT2D eigenvalue weighted by molar-refractivity contribution is -0.384. The zero-order valence-electron chi connectivity index (χ0n) is 12.5. The van der Waals surface area contributed by atoms with Gasteiger partial charge < -0.3 is 10.2 Å². The summed E-state index contributed by atoms with van der Waals surface area (Å²) in [6.45, 7) is 9.98. The second-order valence-corrected chi connectivity index (χ2v) is 5.35. The molecule has 0 radical (unpaired) electrons. The molecule has 0 aliphatic rings. The third-order valence-corrected chi connectivity index (χ3v) is 3.25. The van der Waals surface area contributed by atoms with Crippen molar-refractivity contribution in [2.45, 2.75) is 26.8 Å². The first-order valence-corrected chi connectivity index (χ1v) is 7.25. The molecule has 1 aromatic rings. The third kappa shape index (κ3) is 5.91. The average Bonchev–Trinajstić information content (AvgIpc) is 2.44. The Balaban J connectivity index is 2.70. The van der Waals surface area contributed by atoms with Crippen molar-refractivity contribution in [3.63, 3.8) is 0 Å². The van der Waals surface area contributed by atoms with Crippen molar-refractivity contribution in [1.82, 2.24) is 10.2 Å². The number of non-ortho nitro benzene ring substituents is 1. The van der Waals surface area contributed by atoms with E-state index in [1.807, 2.05) is 6.92 Å². The van der Waals surface area contributed by atoms with Crippen LogP contribution in [0.3, 0.4) is 0 Å². The lowest BCUT2D eigenvalue weighted by Crippen LogP contribution is -2.40. The van der Waals surface area contributed by atoms with Gasteiger partial charge in [0.2, 0.25) is 0 Å². The molecule has 0 fully saturated rings. The number of thiocarbonyl (C=S) groups is 1. The summed E-state index contributed by atoms with van der Waals surface area (Å²) in [6, 6.07) is 6.57. The summed E-state index contributed by atoms with van der Waals surface area (Å²) in [6.07, 6.45) is 0.974. The van der Waals surface area contributed by atoms with Crippen molar-refractivity contribution in [2.24, 2.45) is 0 Å². The van der Waals surface area contributed by atoms with Gasteiger partial charge in [0.1, 0.15) is 0 Å². The molecule has 0 saturated carbocycles. The fourth-order valence-corrected chi connectivity index (χ4v) is 2.03. The monoisotopic (exact) mass is 307 g/mol. The molecule has 0 amide bonds. The van der Waals surface area contributed by atoms with Crippen molar-refractivity contribution < 1.29 is 4.92 Å². The number of rotatable bonds is 7. The van der Waals surface area contributed by atoms with Crippen molar-refractivity contribution in [1.29, 1.82) is 0 Å². The standard InChI is InChI=1S/C15H21N3O2S/c1-4-9-17(15(21)16-10-12(2)3)11-13-5-7-14(8-6-13)18(19)20/h5-8H,2,4,9-11H2,1,3H3,(H,16,21). The summed E-state index contributed by atoms with van der Waals surface area (Å²) >= 11 is 5.39. The summed E-state index contributed by atoms with van der Waals surface area (Å²) in [4.78, 5) is 12.3. The molecule has 0 atom stereocenters. The van der Waals surface area contributed by atoms with E-state index in [1.54, 1.807) is 12.1 Å². The molecule has 5 nitrogen and oxygen atoms in total.